The van der Waals surface area contributed by atoms with Gasteiger partial charge < -0.3 is 24.9 Å². The molecule has 0 aliphatic carbocycles. The highest BCUT2D eigenvalue weighted by molar-refractivity contribution is 5.76. The molecule has 0 heterocycles. The topological polar surface area (TPSA) is 107 Å². The predicted molar refractivity (Wildman–Crippen MR) is 74.2 cm³/mol. The van der Waals surface area contributed by atoms with Crippen LogP contribution in [0.5, 0.6) is 17.2 Å². The van der Waals surface area contributed by atoms with Crippen molar-refractivity contribution >= 4 is 12.4 Å². The standard InChI is InChI=1S/C14H19NO6/c1-14(2,3)21-13(20)15(4)9(7-16)12-10(18)5-8(17)6-11(12)19/h5-7,9,17-19H,1-4H3. The Hall–Kier alpha value is -2.44. The molecule has 21 heavy (non-hydrogen) atoms. The number of carbonyl (C=O) groups excluding carboxylic acids is 2. The maximum Gasteiger partial charge on any atom is 0.410 e. The van der Waals surface area contributed by atoms with Gasteiger partial charge in [-0.25, -0.2) is 4.79 Å². The fraction of sp³-hybridized carbons (Fsp3) is 0.429. The van der Waals surface area contributed by atoms with E-state index in [1.165, 1.54) is 7.05 Å². The lowest BCUT2D eigenvalue weighted by Crippen LogP contribution is -2.37. The molecule has 0 aliphatic heterocycles. The van der Waals surface area contributed by atoms with Crippen molar-refractivity contribution in [1.82, 2.24) is 4.90 Å². The molecule has 0 spiro atoms. The van der Waals surface area contributed by atoms with E-state index in [-0.39, 0.29) is 11.3 Å². The summed E-state index contributed by atoms with van der Waals surface area (Å²) < 4.78 is 5.12. The Morgan fingerprint density at radius 2 is 1.71 bits per heavy atom. The van der Waals surface area contributed by atoms with E-state index in [2.05, 4.69) is 0 Å². The Kier molecular flexibility index (Phi) is 4.67. The molecular formula is C14H19NO6. The molecule has 0 radical (unpaired) electrons. The molecule has 0 aromatic heterocycles. The molecule has 3 N–H and O–H groups in total. The molecule has 0 aliphatic rings. The number of hydrogen-bond donors (Lipinski definition) is 3. The zero-order valence-corrected chi connectivity index (χ0v) is 12.3. The summed E-state index contributed by atoms with van der Waals surface area (Å²) in [5.41, 5.74) is -0.936. The number of rotatable bonds is 3. The average Bonchev–Trinajstić information content (AvgIpc) is 2.30. The Labute approximate surface area is 122 Å². The average molecular weight is 297 g/mol. The van der Waals surface area contributed by atoms with Crippen LogP contribution in [0.3, 0.4) is 0 Å². The van der Waals surface area contributed by atoms with Gasteiger partial charge in [-0.1, -0.05) is 0 Å². The van der Waals surface area contributed by atoms with E-state index >= 15 is 0 Å². The summed E-state index contributed by atoms with van der Waals surface area (Å²) in [5.74, 6) is -1.36. The van der Waals surface area contributed by atoms with Gasteiger partial charge in [0.15, 0.2) is 0 Å². The molecule has 1 aromatic carbocycles. The first-order valence-electron chi connectivity index (χ1n) is 6.22. The molecule has 116 valence electrons. The highest BCUT2D eigenvalue weighted by Gasteiger charge is 2.30. The van der Waals surface area contributed by atoms with E-state index in [4.69, 9.17) is 4.74 Å². The smallest absolute Gasteiger partial charge is 0.410 e. The molecule has 1 rings (SSSR count). The number of ether oxygens (including phenoxy) is 1. The van der Waals surface area contributed by atoms with Gasteiger partial charge in [-0.2, -0.15) is 0 Å². The van der Waals surface area contributed by atoms with Crippen LogP contribution in [0.2, 0.25) is 0 Å². The van der Waals surface area contributed by atoms with Crippen molar-refractivity contribution in [3.8, 4) is 17.2 Å². The van der Waals surface area contributed by atoms with Crippen LogP contribution in [0.4, 0.5) is 4.79 Å². The van der Waals surface area contributed by atoms with Crippen LogP contribution in [0.15, 0.2) is 12.1 Å². The second-order valence-corrected chi connectivity index (χ2v) is 5.57. The lowest BCUT2D eigenvalue weighted by Gasteiger charge is -2.28. The summed E-state index contributed by atoms with van der Waals surface area (Å²) in [6.07, 6.45) is -0.401. The quantitative estimate of drug-likeness (QED) is 0.736. The van der Waals surface area contributed by atoms with Crippen molar-refractivity contribution in [3.63, 3.8) is 0 Å². The number of phenols is 3. The number of carbonyl (C=O) groups is 2. The second-order valence-electron chi connectivity index (χ2n) is 5.57. The van der Waals surface area contributed by atoms with Gasteiger partial charge in [-0.15, -0.1) is 0 Å². The minimum Gasteiger partial charge on any atom is -0.508 e. The summed E-state index contributed by atoms with van der Waals surface area (Å²) in [4.78, 5) is 24.2. The molecule has 0 saturated heterocycles. The van der Waals surface area contributed by atoms with Crippen LogP contribution >= 0.6 is 0 Å². The first-order chi connectivity index (χ1) is 9.56. The maximum atomic E-state index is 12.0. The lowest BCUT2D eigenvalue weighted by molar-refractivity contribution is -0.112. The van der Waals surface area contributed by atoms with E-state index in [0.717, 1.165) is 17.0 Å². The molecule has 0 saturated carbocycles. The van der Waals surface area contributed by atoms with E-state index < -0.39 is 29.2 Å². The van der Waals surface area contributed by atoms with Crippen LogP contribution in [0, 0.1) is 0 Å². The van der Waals surface area contributed by atoms with Gasteiger partial charge in [0, 0.05) is 19.2 Å². The van der Waals surface area contributed by atoms with E-state index in [9.17, 15) is 24.9 Å². The number of amides is 1. The summed E-state index contributed by atoms with van der Waals surface area (Å²) in [6, 6.07) is 0.684. The third-order valence-electron chi connectivity index (χ3n) is 2.64. The first-order valence-corrected chi connectivity index (χ1v) is 6.22. The molecular weight excluding hydrogens is 278 g/mol. The highest BCUT2D eigenvalue weighted by atomic mass is 16.6. The Bertz CT molecular complexity index is 526. The maximum absolute atomic E-state index is 12.0. The Morgan fingerprint density at radius 1 is 1.24 bits per heavy atom. The van der Waals surface area contributed by atoms with Crippen molar-refractivity contribution in [2.45, 2.75) is 32.4 Å². The summed E-state index contributed by atoms with van der Waals surface area (Å²) >= 11 is 0. The molecule has 0 bridgehead atoms. The van der Waals surface area contributed by atoms with Gasteiger partial charge in [-0.05, 0) is 20.8 Å². The van der Waals surface area contributed by atoms with Gasteiger partial charge >= 0.3 is 6.09 Å². The third-order valence-corrected chi connectivity index (χ3v) is 2.64. The van der Waals surface area contributed by atoms with Crippen LogP contribution < -0.4 is 0 Å². The SMILES string of the molecule is CN(C(=O)OC(C)(C)C)C(C=O)c1c(O)cc(O)cc1O. The minimum atomic E-state index is -1.25. The molecule has 1 aromatic rings. The van der Waals surface area contributed by atoms with Crippen molar-refractivity contribution in [2.24, 2.45) is 0 Å². The first kappa shape index (κ1) is 16.6. The molecule has 7 heteroatoms. The van der Waals surface area contributed by atoms with E-state index in [1.54, 1.807) is 20.8 Å². The summed E-state index contributed by atoms with van der Waals surface area (Å²) in [7, 11) is 1.30. The van der Waals surface area contributed by atoms with Gasteiger partial charge in [0.25, 0.3) is 0 Å². The fourth-order valence-corrected chi connectivity index (χ4v) is 1.71. The number of phenolic OH excluding ortho intramolecular Hbond substituents is 3. The van der Waals surface area contributed by atoms with E-state index in [0.29, 0.717) is 6.29 Å². The fourth-order valence-electron chi connectivity index (χ4n) is 1.71. The van der Waals surface area contributed by atoms with Crippen LogP contribution in [-0.4, -0.2) is 45.2 Å². The van der Waals surface area contributed by atoms with Crippen molar-refractivity contribution in [3.05, 3.63) is 17.7 Å². The van der Waals surface area contributed by atoms with Gasteiger partial charge in [0.1, 0.15) is 35.2 Å². The van der Waals surface area contributed by atoms with Crippen molar-refractivity contribution in [2.75, 3.05) is 7.05 Å². The van der Waals surface area contributed by atoms with Gasteiger partial charge in [0.05, 0.1) is 5.56 Å². The summed E-state index contributed by atoms with van der Waals surface area (Å²) in [6.45, 7) is 5.01. The van der Waals surface area contributed by atoms with Crippen LogP contribution in [-0.2, 0) is 9.53 Å². The minimum absolute atomic E-state index is 0.184. The molecule has 1 atom stereocenters. The van der Waals surface area contributed by atoms with Gasteiger partial charge in [-0.3, -0.25) is 4.90 Å². The monoisotopic (exact) mass is 297 g/mol. The largest absolute Gasteiger partial charge is 0.508 e. The number of benzene rings is 1. The van der Waals surface area contributed by atoms with Crippen molar-refractivity contribution < 1.29 is 29.6 Å². The molecule has 1 unspecified atom stereocenters. The number of hydrogen-bond acceptors (Lipinski definition) is 6. The normalized spacial score (nSPS) is 12.6. The molecule has 7 nitrogen and oxygen atoms in total. The summed E-state index contributed by atoms with van der Waals surface area (Å²) in [5, 5.41) is 28.8. The zero-order valence-electron chi connectivity index (χ0n) is 12.3. The second kappa shape index (κ2) is 5.90. The zero-order chi connectivity index (χ0) is 16.4. The third kappa shape index (κ3) is 4.01. The predicted octanol–water partition coefficient (Wildman–Crippen LogP) is 1.91. The number of aromatic hydroxyl groups is 3. The lowest BCUT2D eigenvalue weighted by atomic mass is 10.0. The molecule has 0 fully saturated rings. The van der Waals surface area contributed by atoms with Crippen molar-refractivity contribution in [1.29, 1.82) is 0 Å². The van der Waals surface area contributed by atoms with Gasteiger partial charge in [0.2, 0.25) is 0 Å². The number of nitrogens with zero attached hydrogens (tertiary/aromatic N) is 1. The molecule has 1 amide bonds. The van der Waals surface area contributed by atoms with Crippen LogP contribution in [0.1, 0.15) is 32.4 Å². The number of likely N-dealkylation sites (N-methyl/N-ethyl adjacent to an activating group) is 1. The number of aldehydes is 1. The van der Waals surface area contributed by atoms with E-state index in [1.807, 2.05) is 0 Å². The Balaban J connectivity index is 3.14. The highest BCUT2D eigenvalue weighted by Crippen LogP contribution is 2.38. The Morgan fingerprint density at radius 3 is 2.10 bits per heavy atom. The van der Waals surface area contributed by atoms with Crippen LogP contribution in [0.25, 0.3) is 0 Å².